The van der Waals surface area contributed by atoms with Crippen LogP contribution in [0.25, 0.3) is 0 Å². The van der Waals surface area contributed by atoms with Crippen LogP contribution in [0.3, 0.4) is 0 Å². The summed E-state index contributed by atoms with van der Waals surface area (Å²) >= 11 is 0. The normalized spacial score (nSPS) is 15.8. The van der Waals surface area contributed by atoms with Crippen LogP contribution >= 0.6 is 0 Å². The van der Waals surface area contributed by atoms with Gasteiger partial charge < -0.3 is 9.26 Å². The van der Waals surface area contributed by atoms with Crippen LogP contribution in [-0.2, 0) is 27.8 Å². The largest absolute Gasteiger partial charge is 0.482 e. The van der Waals surface area contributed by atoms with Gasteiger partial charge in [0, 0.05) is 17.7 Å². The molecule has 2 aliphatic rings. The Labute approximate surface area is 191 Å². The number of anilines is 2. The lowest BCUT2D eigenvalue weighted by Gasteiger charge is -2.29. The van der Waals surface area contributed by atoms with Crippen molar-refractivity contribution in [3.05, 3.63) is 59.2 Å². The number of aromatic nitrogens is 2. The Morgan fingerprint density at radius 1 is 1.21 bits per heavy atom. The summed E-state index contributed by atoms with van der Waals surface area (Å²) in [6.45, 7) is 3.62. The first-order valence-electron chi connectivity index (χ1n) is 10.9. The van der Waals surface area contributed by atoms with E-state index in [-0.39, 0.29) is 24.0 Å². The Morgan fingerprint density at radius 3 is 2.79 bits per heavy atom. The van der Waals surface area contributed by atoms with Crippen molar-refractivity contribution >= 4 is 27.3 Å². The Hall–Kier alpha value is -3.40. The smallest absolute Gasteiger partial charge is 0.265 e. The summed E-state index contributed by atoms with van der Waals surface area (Å²) in [5.41, 5.74) is 2.49. The van der Waals surface area contributed by atoms with Gasteiger partial charge in [0.05, 0.1) is 17.1 Å². The number of fused-ring (bicyclic) bond motifs is 1. The van der Waals surface area contributed by atoms with E-state index in [1.807, 2.05) is 25.1 Å². The minimum absolute atomic E-state index is 0.0908. The van der Waals surface area contributed by atoms with Crippen molar-refractivity contribution in [1.82, 2.24) is 10.1 Å². The summed E-state index contributed by atoms with van der Waals surface area (Å²) in [7, 11) is -3.86. The Balaban J connectivity index is 1.44. The molecule has 1 saturated carbocycles. The fourth-order valence-electron chi connectivity index (χ4n) is 3.83. The minimum Gasteiger partial charge on any atom is -0.482 e. The highest BCUT2D eigenvalue weighted by molar-refractivity contribution is 7.92. The highest BCUT2D eigenvalue weighted by atomic mass is 32.2. The number of sulfonamides is 1. The molecule has 0 radical (unpaired) electrons. The molecule has 1 amide bonds. The van der Waals surface area contributed by atoms with Gasteiger partial charge in [-0.05, 0) is 55.5 Å². The number of hydrogen-bond acceptors (Lipinski definition) is 7. The average molecular weight is 469 g/mol. The quantitative estimate of drug-likeness (QED) is 0.564. The van der Waals surface area contributed by atoms with Crippen molar-refractivity contribution in [2.24, 2.45) is 0 Å². The molecule has 5 rings (SSSR count). The van der Waals surface area contributed by atoms with Crippen LogP contribution in [0.5, 0.6) is 5.75 Å². The highest BCUT2D eigenvalue weighted by Crippen LogP contribution is 2.40. The number of benzene rings is 2. The Morgan fingerprint density at radius 2 is 2.03 bits per heavy atom. The number of nitrogens with zero attached hydrogens (tertiary/aromatic N) is 3. The lowest BCUT2D eigenvalue weighted by molar-refractivity contribution is -0.121. The molecular formula is C23H24N4O5S. The van der Waals surface area contributed by atoms with Crippen LogP contribution in [0, 0.1) is 6.92 Å². The molecule has 3 aromatic rings. The number of rotatable bonds is 7. The molecule has 0 bridgehead atoms. The molecule has 172 valence electrons. The van der Waals surface area contributed by atoms with Gasteiger partial charge in [0.25, 0.3) is 15.9 Å². The van der Waals surface area contributed by atoms with Gasteiger partial charge in [0.2, 0.25) is 5.89 Å². The number of amides is 1. The third-order valence-electron chi connectivity index (χ3n) is 5.79. The van der Waals surface area contributed by atoms with E-state index in [4.69, 9.17) is 9.26 Å². The molecule has 1 aromatic heterocycles. The molecule has 1 aliphatic carbocycles. The molecule has 0 saturated heterocycles. The molecule has 0 spiro atoms. The van der Waals surface area contributed by atoms with Gasteiger partial charge in [-0.1, -0.05) is 24.2 Å². The molecular weight excluding hydrogens is 444 g/mol. The van der Waals surface area contributed by atoms with Gasteiger partial charge in [-0.3, -0.25) is 14.4 Å². The van der Waals surface area contributed by atoms with Gasteiger partial charge in [-0.15, -0.1) is 0 Å². The van der Waals surface area contributed by atoms with Crippen molar-refractivity contribution in [2.45, 2.75) is 50.5 Å². The summed E-state index contributed by atoms with van der Waals surface area (Å²) in [4.78, 5) is 18.6. The van der Waals surface area contributed by atoms with Crippen molar-refractivity contribution in [3.8, 4) is 5.75 Å². The van der Waals surface area contributed by atoms with E-state index in [0.29, 0.717) is 40.3 Å². The molecule has 33 heavy (non-hydrogen) atoms. The average Bonchev–Trinajstić information content (AvgIpc) is 3.53. The van der Waals surface area contributed by atoms with Crippen molar-refractivity contribution < 1.29 is 22.5 Å². The second-order valence-corrected chi connectivity index (χ2v) is 9.99. The third kappa shape index (κ3) is 4.30. The lowest BCUT2D eigenvalue weighted by Crippen LogP contribution is -2.38. The van der Waals surface area contributed by atoms with Crippen LogP contribution in [-0.4, -0.2) is 31.1 Å². The van der Waals surface area contributed by atoms with Gasteiger partial charge in [-0.2, -0.15) is 4.98 Å². The first-order valence-corrected chi connectivity index (χ1v) is 12.3. The summed E-state index contributed by atoms with van der Waals surface area (Å²) < 4.78 is 39.8. The first-order chi connectivity index (χ1) is 15.8. The first kappa shape index (κ1) is 21.4. The second kappa shape index (κ2) is 8.18. The van der Waals surface area contributed by atoms with Crippen molar-refractivity contribution in [2.75, 3.05) is 16.2 Å². The Bertz CT molecular complexity index is 1330. The van der Waals surface area contributed by atoms with Crippen molar-refractivity contribution in [1.29, 1.82) is 0 Å². The summed E-state index contributed by atoms with van der Waals surface area (Å²) in [5.74, 6) is 1.38. The SMILES string of the molecule is CCc1cccc(NS(=O)(=O)c2cc3c(cc2C)N(Cc2noc(C4CC4)n2)C(=O)CO3)c1. The van der Waals surface area contributed by atoms with Gasteiger partial charge in [0.1, 0.15) is 5.75 Å². The molecule has 1 N–H and O–H groups in total. The topological polar surface area (TPSA) is 115 Å². The van der Waals surface area contributed by atoms with E-state index in [0.717, 1.165) is 24.8 Å². The summed E-state index contributed by atoms with van der Waals surface area (Å²) in [6, 6.07) is 10.4. The fourth-order valence-corrected chi connectivity index (χ4v) is 5.12. The molecule has 10 heteroatoms. The van der Waals surface area contributed by atoms with Crippen LogP contribution in [0.4, 0.5) is 11.4 Å². The van der Waals surface area contributed by atoms with E-state index < -0.39 is 10.0 Å². The number of aryl methyl sites for hydroxylation is 2. The number of carbonyl (C=O) groups excluding carboxylic acids is 1. The van der Waals surface area contributed by atoms with E-state index in [1.54, 1.807) is 19.1 Å². The van der Waals surface area contributed by atoms with Crippen LogP contribution < -0.4 is 14.4 Å². The van der Waals surface area contributed by atoms with Crippen LogP contribution in [0.2, 0.25) is 0 Å². The summed E-state index contributed by atoms with van der Waals surface area (Å²) in [6.07, 6.45) is 2.87. The zero-order valence-electron chi connectivity index (χ0n) is 18.4. The van der Waals surface area contributed by atoms with Gasteiger partial charge >= 0.3 is 0 Å². The molecule has 0 atom stereocenters. The third-order valence-corrected chi connectivity index (χ3v) is 7.31. The monoisotopic (exact) mass is 468 g/mol. The predicted molar refractivity (Wildman–Crippen MR) is 121 cm³/mol. The van der Waals surface area contributed by atoms with Gasteiger partial charge in [0.15, 0.2) is 12.4 Å². The number of carbonyl (C=O) groups is 1. The standard InChI is InChI=1S/C23H24N4O5S/c1-3-15-5-4-6-17(10-15)26-33(29,30)20-11-19-18(9-14(20)2)27(22(28)13-31-19)12-21-24-23(32-25-21)16-7-8-16/h4-6,9-11,16,26H,3,7-8,12-13H2,1-2H3. The van der Waals surface area contributed by atoms with E-state index in [9.17, 15) is 13.2 Å². The van der Waals surface area contributed by atoms with Crippen LogP contribution in [0.15, 0.2) is 45.8 Å². The van der Waals surface area contributed by atoms with Gasteiger partial charge in [-0.25, -0.2) is 8.42 Å². The maximum absolute atomic E-state index is 13.1. The van der Waals surface area contributed by atoms with Crippen molar-refractivity contribution in [3.63, 3.8) is 0 Å². The van der Waals surface area contributed by atoms with E-state index in [2.05, 4.69) is 14.9 Å². The maximum atomic E-state index is 13.1. The predicted octanol–water partition coefficient (Wildman–Crippen LogP) is 3.54. The molecule has 2 heterocycles. The molecule has 0 unspecified atom stereocenters. The fraction of sp³-hybridized carbons (Fsp3) is 0.348. The highest BCUT2D eigenvalue weighted by Gasteiger charge is 2.32. The Kier molecular flexibility index (Phi) is 5.32. The number of hydrogen-bond donors (Lipinski definition) is 1. The zero-order valence-corrected chi connectivity index (χ0v) is 19.2. The zero-order chi connectivity index (χ0) is 23.2. The molecule has 1 aliphatic heterocycles. The molecule has 1 fully saturated rings. The molecule has 2 aromatic carbocycles. The summed E-state index contributed by atoms with van der Waals surface area (Å²) in [5, 5.41) is 3.99. The second-order valence-electron chi connectivity index (χ2n) is 8.34. The van der Waals surface area contributed by atoms with Crippen LogP contribution in [0.1, 0.15) is 48.5 Å². The van der Waals surface area contributed by atoms with E-state index in [1.165, 1.54) is 11.0 Å². The lowest BCUT2D eigenvalue weighted by atomic mass is 10.1. The molecule has 9 nitrogen and oxygen atoms in total. The number of ether oxygens (including phenoxy) is 1. The maximum Gasteiger partial charge on any atom is 0.265 e. The number of nitrogens with one attached hydrogen (secondary N) is 1. The minimum atomic E-state index is -3.86. The van der Waals surface area contributed by atoms with E-state index >= 15 is 0 Å².